The Hall–Kier alpha value is -2.73. The van der Waals surface area contributed by atoms with Gasteiger partial charge in [-0.1, -0.05) is 55.0 Å². The zero-order valence-electron chi connectivity index (χ0n) is 15.9. The van der Waals surface area contributed by atoms with Gasteiger partial charge in [0, 0.05) is 5.56 Å². The maximum Gasteiger partial charge on any atom is 0.251 e. The summed E-state index contributed by atoms with van der Waals surface area (Å²) in [5.74, 6) is -0.578. The van der Waals surface area contributed by atoms with E-state index in [0.29, 0.717) is 10.7 Å². The van der Waals surface area contributed by atoms with Gasteiger partial charge in [0.25, 0.3) is 5.91 Å². The number of aromatic nitrogens is 1. The number of fused-ring (bicyclic) bond motifs is 1. The first-order valence-corrected chi connectivity index (χ1v) is 9.71. The Kier molecular flexibility index (Phi) is 5.56. The number of anilines is 1. The summed E-state index contributed by atoms with van der Waals surface area (Å²) in [6.07, 6.45) is 0. The first-order valence-electron chi connectivity index (χ1n) is 8.89. The molecule has 0 aliphatic carbocycles. The largest absolute Gasteiger partial charge is 0.340 e. The van der Waals surface area contributed by atoms with E-state index < -0.39 is 6.04 Å². The van der Waals surface area contributed by atoms with Crippen molar-refractivity contribution in [1.29, 1.82) is 0 Å². The molecular weight excluding hydrogens is 358 g/mol. The van der Waals surface area contributed by atoms with Crippen molar-refractivity contribution in [2.24, 2.45) is 5.92 Å². The van der Waals surface area contributed by atoms with E-state index in [0.717, 1.165) is 21.3 Å². The zero-order chi connectivity index (χ0) is 19.6. The van der Waals surface area contributed by atoms with Crippen molar-refractivity contribution in [1.82, 2.24) is 10.3 Å². The molecule has 1 heterocycles. The molecule has 140 valence electrons. The van der Waals surface area contributed by atoms with E-state index in [-0.39, 0.29) is 17.7 Å². The molecule has 2 amide bonds. The quantitative estimate of drug-likeness (QED) is 0.692. The molecule has 5 nitrogen and oxygen atoms in total. The Morgan fingerprint density at radius 1 is 1.07 bits per heavy atom. The van der Waals surface area contributed by atoms with Crippen molar-refractivity contribution in [3.8, 4) is 0 Å². The topological polar surface area (TPSA) is 71.1 Å². The number of aryl methyl sites for hydroxylation is 2. The van der Waals surface area contributed by atoms with Crippen LogP contribution in [0.2, 0.25) is 0 Å². The number of carbonyl (C=O) groups excluding carboxylic acids is 2. The maximum atomic E-state index is 12.8. The predicted molar refractivity (Wildman–Crippen MR) is 110 cm³/mol. The number of rotatable bonds is 5. The zero-order valence-corrected chi connectivity index (χ0v) is 16.7. The highest BCUT2D eigenvalue weighted by atomic mass is 32.1. The summed E-state index contributed by atoms with van der Waals surface area (Å²) >= 11 is 1.43. The number of nitrogens with zero attached hydrogens (tertiary/aromatic N) is 1. The fraction of sp³-hybridized carbons (Fsp3) is 0.286. The lowest BCUT2D eigenvalue weighted by Gasteiger charge is -2.21. The molecule has 3 aromatic rings. The Morgan fingerprint density at radius 3 is 2.48 bits per heavy atom. The van der Waals surface area contributed by atoms with Crippen LogP contribution in [0.3, 0.4) is 0 Å². The third-order valence-corrected chi connectivity index (χ3v) is 5.30. The van der Waals surface area contributed by atoms with Crippen LogP contribution in [-0.2, 0) is 4.79 Å². The minimum atomic E-state index is -0.647. The molecule has 0 saturated carbocycles. The summed E-state index contributed by atoms with van der Waals surface area (Å²) in [5, 5.41) is 6.25. The lowest BCUT2D eigenvalue weighted by atomic mass is 10.0. The third-order valence-electron chi connectivity index (χ3n) is 4.37. The highest BCUT2D eigenvalue weighted by Gasteiger charge is 2.25. The average molecular weight is 382 g/mol. The van der Waals surface area contributed by atoms with Gasteiger partial charge in [0.05, 0.1) is 10.2 Å². The van der Waals surface area contributed by atoms with Crippen LogP contribution in [0.1, 0.15) is 35.3 Å². The highest BCUT2D eigenvalue weighted by Crippen LogP contribution is 2.28. The number of para-hydroxylation sites is 1. The number of hydrogen-bond donors (Lipinski definition) is 2. The first-order chi connectivity index (χ1) is 12.8. The van der Waals surface area contributed by atoms with Gasteiger partial charge in [-0.2, -0.15) is 0 Å². The molecule has 0 unspecified atom stereocenters. The van der Waals surface area contributed by atoms with Crippen LogP contribution in [0.4, 0.5) is 5.13 Å². The number of amides is 2. The Balaban J connectivity index is 1.76. The number of carbonyl (C=O) groups is 2. The molecule has 0 fully saturated rings. The Labute approximate surface area is 162 Å². The van der Waals surface area contributed by atoms with Crippen molar-refractivity contribution >= 4 is 38.5 Å². The summed E-state index contributed by atoms with van der Waals surface area (Å²) in [5.41, 5.74) is 3.50. The molecule has 0 bridgehead atoms. The van der Waals surface area contributed by atoms with E-state index in [1.807, 2.05) is 58.0 Å². The third kappa shape index (κ3) is 4.34. The standard InChI is InChI=1S/C21H23N3O2S/c1-12(2)17(22-19(25)15-9-5-7-13(3)11-15)20(26)24-21-23-18-14(4)8-6-10-16(18)27-21/h5-12,17H,1-4H3,(H,22,25)(H,23,24,26)/t17-/m1/s1. The lowest BCUT2D eigenvalue weighted by molar-refractivity contribution is -0.118. The molecule has 6 heteroatoms. The van der Waals surface area contributed by atoms with E-state index >= 15 is 0 Å². The summed E-state index contributed by atoms with van der Waals surface area (Å²) < 4.78 is 1.02. The van der Waals surface area contributed by atoms with Gasteiger partial charge in [-0.25, -0.2) is 4.98 Å². The van der Waals surface area contributed by atoms with Gasteiger partial charge in [-0.05, 0) is 43.5 Å². The monoisotopic (exact) mass is 381 g/mol. The van der Waals surface area contributed by atoms with Gasteiger partial charge in [0.2, 0.25) is 5.91 Å². The van der Waals surface area contributed by atoms with Crippen molar-refractivity contribution < 1.29 is 9.59 Å². The molecule has 1 aromatic heterocycles. The smallest absolute Gasteiger partial charge is 0.251 e. The summed E-state index contributed by atoms with van der Waals surface area (Å²) in [4.78, 5) is 29.9. The van der Waals surface area contributed by atoms with Gasteiger partial charge in [-0.3, -0.25) is 9.59 Å². The van der Waals surface area contributed by atoms with Crippen molar-refractivity contribution in [2.45, 2.75) is 33.7 Å². The Bertz CT molecular complexity index is 994. The van der Waals surface area contributed by atoms with Gasteiger partial charge in [0.15, 0.2) is 5.13 Å². The second-order valence-electron chi connectivity index (χ2n) is 6.99. The average Bonchev–Trinajstić information content (AvgIpc) is 3.03. The van der Waals surface area contributed by atoms with Gasteiger partial charge in [0.1, 0.15) is 6.04 Å². The fourth-order valence-electron chi connectivity index (χ4n) is 2.87. The van der Waals surface area contributed by atoms with Crippen LogP contribution < -0.4 is 10.6 Å². The molecule has 0 aliphatic rings. The molecule has 1 atom stereocenters. The normalized spacial score (nSPS) is 12.2. The second kappa shape index (κ2) is 7.88. The fourth-order valence-corrected chi connectivity index (χ4v) is 3.82. The maximum absolute atomic E-state index is 12.8. The first kappa shape index (κ1) is 19.0. The lowest BCUT2D eigenvalue weighted by Crippen LogP contribution is -2.47. The van der Waals surface area contributed by atoms with Crippen LogP contribution in [0, 0.1) is 19.8 Å². The van der Waals surface area contributed by atoms with Crippen LogP contribution in [0.5, 0.6) is 0 Å². The van der Waals surface area contributed by atoms with Crippen molar-refractivity contribution in [3.63, 3.8) is 0 Å². The van der Waals surface area contributed by atoms with E-state index in [1.54, 1.807) is 12.1 Å². The predicted octanol–water partition coefficient (Wildman–Crippen LogP) is 4.31. The molecule has 2 N–H and O–H groups in total. The summed E-state index contributed by atoms with van der Waals surface area (Å²) in [6, 6.07) is 12.6. The SMILES string of the molecule is Cc1cccc(C(=O)N[C@@H](C(=O)Nc2nc3c(C)cccc3s2)C(C)C)c1. The summed E-state index contributed by atoms with van der Waals surface area (Å²) in [7, 11) is 0. The van der Waals surface area contributed by atoms with Gasteiger partial charge < -0.3 is 10.6 Å². The molecule has 3 rings (SSSR count). The number of benzene rings is 2. The number of hydrogen-bond acceptors (Lipinski definition) is 4. The minimum absolute atomic E-state index is 0.0603. The van der Waals surface area contributed by atoms with E-state index in [2.05, 4.69) is 15.6 Å². The number of nitrogens with one attached hydrogen (secondary N) is 2. The number of thiazole rings is 1. The molecule has 27 heavy (non-hydrogen) atoms. The highest BCUT2D eigenvalue weighted by molar-refractivity contribution is 7.22. The van der Waals surface area contributed by atoms with Crippen LogP contribution >= 0.6 is 11.3 Å². The van der Waals surface area contributed by atoms with Crippen LogP contribution in [0.25, 0.3) is 10.2 Å². The van der Waals surface area contributed by atoms with Gasteiger partial charge >= 0.3 is 0 Å². The van der Waals surface area contributed by atoms with Gasteiger partial charge in [-0.15, -0.1) is 0 Å². The Morgan fingerprint density at radius 2 is 1.81 bits per heavy atom. The van der Waals surface area contributed by atoms with Crippen LogP contribution in [0.15, 0.2) is 42.5 Å². The molecular formula is C21H23N3O2S. The molecule has 0 saturated heterocycles. The van der Waals surface area contributed by atoms with E-state index in [9.17, 15) is 9.59 Å². The summed E-state index contributed by atoms with van der Waals surface area (Å²) in [6.45, 7) is 7.73. The minimum Gasteiger partial charge on any atom is -0.340 e. The molecule has 0 aliphatic heterocycles. The van der Waals surface area contributed by atoms with E-state index in [1.165, 1.54) is 11.3 Å². The molecule has 0 radical (unpaired) electrons. The van der Waals surface area contributed by atoms with Crippen LogP contribution in [-0.4, -0.2) is 22.8 Å². The molecule has 0 spiro atoms. The second-order valence-corrected chi connectivity index (χ2v) is 8.03. The van der Waals surface area contributed by atoms with Crippen molar-refractivity contribution in [2.75, 3.05) is 5.32 Å². The molecule has 2 aromatic carbocycles. The van der Waals surface area contributed by atoms with Crippen molar-refractivity contribution in [3.05, 3.63) is 59.2 Å². The van der Waals surface area contributed by atoms with E-state index in [4.69, 9.17) is 0 Å².